The monoisotopic (exact) mass is 288 g/mol. The number of carbonyl (C=O) groups is 2. The maximum atomic E-state index is 12.2. The number of hydrogen-bond acceptors (Lipinski definition) is 4. The van der Waals surface area contributed by atoms with Crippen LogP contribution in [0.2, 0.25) is 0 Å². The highest BCUT2D eigenvalue weighted by molar-refractivity contribution is 5.96. The summed E-state index contributed by atoms with van der Waals surface area (Å²) in [7, 11) is 0. The van der Waals surface area contributed by atoms with Crippen molar-refractivity contribution >= 4 is 11.9 Å². The van der Waals surface area contributed by atoms with Crippen LogP contribution in [0.3, 0.4) is 0 Å². The largest absolute Gasteiger partial charge is 0.465 e. The lowest BCUT2D eigenvalue weighted by molar-refractivity contribution is -0.162. The van der Waals surface area contributed by atoms with Gasteiger partial charge in [-0.15, -0.1) is 12.3 Å². The second-order valence-electron chi connectivity index (χ2n) is 4.41. The third-order valence-electron chi connectivity index (χ3n) is 3.05. The van der Waals surface area contributed by atoms with Crippen LogP contribution in [0.25, 0.3) is 0 Å². The second kappa shape index (κ2) is 8.80. The summed E-state index contributed by atoms with van der Waals surface area (Å²) in [6, 6.07) is 9.22. The van der Waals surface area contributed by atoms with E-state index in [0.717, 1.165) is 5.56 Å². The smallest absolute Gasteiger partial charge is 0.320 e. The fourth-order valence-electron chi connectivity index (χ4n) is 2.14. The van der Waals surface area contributed by atoms with Crippen LogP contribution in [0.4, 0.5) is 0 Å². The molecule has 1 aromatic rings. The van der Waals surface area contributed by atoms with Crippen molar-refractivity contribution in [1.82, 2.24) is 0 Å². The number of terminal acetylenes is 1. The molecule has 112 valence electrons. The molecule has 1 unspecified atom stereocenters. The van der Waals surface area contributed by atoms with E-state index in [2.05, 4.69) is 5.92 Å². The Bertz CT molecular complexity index is 483. The highest BCUT2D eigenvalue weighted by Gasteiger charge is 2.37. The maximum Gasteiger partial charge on any atom is 0.320 e. The molecule has 0 aliphatic carbocycles. The zero-order valence-corrected chi connectivity index (χ0v) is 12.4. The van der Waals surface area contributed by atoms with Gasteiger partial charge in [-0.3, -0.25) is 9.59 Å². The van der Waals surface area contributed by atoms with E-state index in [1.165, 1.54) is 0 Å². The lowest BCUT2D eigenvalue weighted by Gasteiger charge is -2.23. The molecule has 1 aromatic carbocycles. The van der Waals surface area contributed by atoms with Gasteiger partial charge in [-0.05, 0) is 19.4 Å². The summed E-state index contributed by atoms with van der Waals surface area (Å²) in [6.45, 7) is 3.79. The second-order valence-corrected chi connectivity index (χ2v) is 4.41. The molecule has 0 radical (unpaired) electrons. The number of benzene rings is 1. The lowest BCUT2D eigenvalue weighted by Crippen LogP contribution is -2.33. The zero-order chi connectivity index (χ0) is 15.7. The van der Waals surface area contributed by atoms with Gasteiger partial charge in [0.2, 0.25) is 0 Å². The van der Waals surface area contributed by atoms with Gasteiger partial charge in [-0.25, -0.2) is 0 Å². The van der Waals surface area contributed by atoms with Crippen molar-refractivity contribution < 1.29 is 19.1 Å². The minimum Gasteiger partial charge on any atom is -0.465 e. The molecule has 1 atom stereocenters. The van der Waals surface area contributed by atoms with Crippen LogP contribution >= 0.6 is 0 Å². The first-order valence-electron chi connectivity index (χ1n) is 6.97. The molecule has 4 nitrogen and oxygen atoms in total. The van der Waals surface area contributed by atoms with E-state index >= 15 is 0 Å². The van der Waals surface area contributed by atoms with Gasteiger partial charge in [0.05, 0.1) is 13.2 Å². The molecule has 0 N–H and O–H groups in total. The summed E-state index contributed by atoms with van der Waals surface area (Å²) in [6.07, 6.45) is 5.65. The molecule has 4 heteroatoms. The van der Waals surface area contributed by atoms with Gasteiger partial charge in [0.1, 0.15) is 0 Å². The van der Waals surface area contributed by atoms with Gasteiger partial charge >= 0.3 is 11.9 Å². The van der Waals surface area contributed by atoms with Crippen molar-refractivity contribution in [3.05, 3.63) is 35.9 Å². The molecule has 0 aliphatic heterocycles. The number of esters is 2. The minimum atomic E-state index is -1.04. The lowest BCUT2D eigenvalue weighted by atomic mass is 9.83. The molecule has 0 bridgehead atoms. The van der Waals surface area contributed by atoms with Crippen molar-refractivity contribution in [1.29, 1.82) is 0 Å². The van der Waals surface area contributed by atoms with Gasteiger partial charge in [0.25, 0.3) is 0 Å². The molecule has 0 fully saturated rings. The molecule has 21 heavy (non-hydrogen) atoms. The van der Waals surface area contributed by atoms with Gasteiger partial charge in [-0.2, -0.15) is 0 Å². The fourth-order valence-corrected chi connectivity index (χ4v) is 2.14. The van der Waals surface area contributed by atoms with E-state index in [0.29, 0.717) is 0 Å². The van der Waals surface area contributed by atoms with Crippen molar-refractivity contribution in [3.63, 3.8) is 0 Å². The first kappa shape index (κ1) is 16.8. The molecule has 0 aliphatic rings. The van der Waals surface area contributed by atoms with Gasteiger partial charge < -0.3 is 9.47 Å². The van der Waals surface area contributed by atoms with E-state index in [1.54, 1.807) is 13.8 Å². The number of ether oxygens (including phenoxy) is 2. The third kappa shape index (κ3) is 4.64. The van der Waals surface area contributed by atoms with E-state index in [1.807, 2.05) is 30.3 Å². The SMILES string of the molecule is C#CCC(c1ccccc1)C(C(=O)OCC)C(=O)OCC. The third-order valence-corrected chi connectivity index (χ3v) is 3.05. The molecule has 1 rings (SSSR count). The zero-order valence-electron chi connectivity index (χ0n) is 12.4. The number of rotatable bonds is 7. The number of hydrogen-bond donors (Lipinski definition) is 0. The Balaban J connectivity index is 3.14. The Morgan fingerprint density at radius 1 is 1.10 bits per heavy atom. The van der Waals surface area contributed by atoms with Gasteiger partial charge in [0, 0.05) is 12.3 Å². The van der Waals surface area contributed by atoms with Crippen LogP contribution in [0.15, 0.2) is 30.3 Å². The summed E-state index contributed by atoms with van der Waals surface area (Å²) in [5.74, 6) is -0.157. The van der Waals surface area contributed by atoms with Crippen LogP contribution in [0.5, 0.6) is 0 Å². The quantitative estimate of drug-likeness (QED) is 0.439. The molecular weight excluding hydrogens is 268 g/mol. The predicted molar refractivity (Wildman–Crippen MR) is 79.4 cm³/mol. The van der Waals surface area contributed by atoms with Crippen molar-refractivity contribution in [2.75, 3.05) is 13.2 Å². The summed E-state index contributed by atoms with van der Waals surface area (Å²) in [5, 5.41) is 0. The van der Waals surface area contributed by atoms with Gasteiger partial charge in [0.15, 0.2) is 5.92 Å². The number of carbonyl (C=O) groups excluding carboxylic acids is 2. The molecule has 0 aromatic heterocycles. The van der Waals surface area contributed by atoms with Crippen LogP contribution < -0.4 is 0 Å². The Morgan fingerprint density at radius 3 is 2.05 bits per heavy atom. The van der Waals surface area contributed by atoms with E-state index in [4.69, 9.17) is 15.9 Å². The van der Waals surface area contributed by atoms with E-state index in [9.17, 15) is 9.59 Å². The Morgan fingerprint density at radius 2 is 1.62 bits per heavy atom. The molecule has 0 saturated carbocycles. The molecule has 0 spiro atoms. The Hall–Kier alpha value is -2.28. The van der Waals surface area contributed by atoms with E-state index < -0.39 is 23.8 Å². The predicted octanol–water partition coefficient (Wildman–Crippen LogP) is 2.54. The van der Waals surface area contributed by atoms with Crippen molar-refractivity contribution in [2.24, 2.45) is 5.92 Å². The summed E-state index contributed by atoms with van der Waals surface area (Å²) in [5.41, 5.74) is 0.821. The maximum absolute atomic E-state index is 12.2. The van der Waals surface area contributed by atoms with Crippen LogP contribution in [0.1, 0.15) is 31.7 Å². The molecule has 0 saturated heterocycles. The van der Waals surface area contributed by atoms with Crippen molar-refractivity contribution in [2.45, 2.75) is 26.2 Å². The van der Waals surface area contributed by atoms with Crippen LogP contribution in [-0.4, -0.2) is 25.2 Å². The minimum absolute atomic E-state index is 0.201. The topological polar surface area (TPSA) is 52.6 Å². The molecule has 0 heterocycles. The first-order valence-corrected chi connectivity index (χ1v) is 6.97. The van der Waals surface area contributed by atoms with Crippen LogP contribution in [0, 0.1) is 18.3 Å². The molecular formula is C17H20O4. The Kier molecular flexibility index (Phi) is 7.03. The average molecular weight is 288 g/mol. The summed E-state index contributed by atoms with van der Waals surface area (Å²) < 4.78 is 10.0. The summed E-state index contributed by atoms with van der Waals surface area (Å²) >= 11 is 0. The Labute approximate surface area is 125 Å². The normalized spacial score (nSPS) is 11.5. The van der Waals surface area contributed by atoms with Crippen molar-refractivity contribution in [3.8, 4) is 12.3 Å². The van der Waals surface area contributed by atoms with E-state index in [-0.39, 0.29) is 19.6 Å². The van der Waals surface area contributed by atoms with Crippen LogP contribution in [-0.2, 0) is 19.1 Å². The fraction of sp³-hybridized carbons (Fsp3) is 0.412. The first-order chi connectivity index (χ1) is 10.2. The highest BCUT2D eigenvalue weighted by atomic mass is 16.6. The molecule has 0 amide bonds. The average Bonchev–Trinajstić information content (AvgIpc) is 2.48. The standard InChI is InChI=1S/C17H20O4/c1-4-10-14(13-11-8-7-9-12-13)15(16(18)20-5-2)17(19)21-6-3/h1,7-9,11-12,14-15H,5-6,10H2,2-3H3. The highest BCUT2D eigenvalue weighted by Crippen LogP contribution is 2.30. The summed E-state index contributed by atoms with van der Waals surface area (Å²) in [4.78, 5) is 24.3. The van der Waals surface area contributed by atoms with Gasteiger partial charge in [-0.1, -0.05) is 30.3 Å².